The Bertz CT molecular complexity index is 1670. The number of carbonyl (C=O) groups is 4. The average molecular weight is 1240 g/mol. The predicted molar refractivity (Wildman–Crippen MR) is 335 cm³/mol. The summed E-state index contributed by atoms with van der Waals surface area (Å²) in [5.74, 6) is 0.138. The molecule has 0 aromatic heterocycles. The van der Waals surface area contributed by atoms with Crippen molar-refractivity contribution in [3.63, 3.8) is 0 Å². The fourth-order valence-electron chi connectivity index (χ4n) is 9.59. The van der Waals surface area contributed by atoms with Gasteiger partial charge in [-0.25, -0.2) is 9.13 Å². The molecule has 19 heteroatoms. The monoisotopic (exact) mass is 1240 g/mol. The lowest BCUT2D eigenvalue weighted by molar-refractivity contribution is -0.161. The Morgan fingerprint density at radius 2 is 0.607 bits per heavy atom. The largest absolute Gasteiger partial charge is 0.472 e. The molecule has 0 radical (unpaired) electrons. The van der Waals surface area contributed by atoms with E-state index >= 15 is 0 Å². The molecule has 0 aromatic carbocycles. The summed E-state index contributed by atoms with van der Waals surface area (Å²) in [5.41, 5.74) is 0. The Labute approximate surface area is 511 Å². The Morgan fingerprint density at radius 3 is 0.905 bits per heavy atom. The Hall–Kier alpha value is -1.94. The zero-order chi connectivity index (χ0) is 62.4. The van der Waals surface area contributed by atoms with Crippen LogP contribution in [-0.4, -0.2) is 96.7 Å². The van der Waals surface area contributed by atoms with Crippen molar-refractivity contribution in [2.75, 3.05) is 39.6 Å². The van der Waals surface area contributed by atoms with Gasteiger partial charge in [0.1, 0.15) is 19.3 Å². The van der Waals surface area contributed by atoms with E-state index in [0.717, 1.165) is 108 Å². The molecular formula is C65H126O17P2. The highest BCUT2D eigenvalue weighted by atomic mass is 31.2. The number of ether oxygens (including phenoxy) is 4. The molecule has 0 aliphatic heterocycles. The minimum Gasteiger partial charge on any atom is -0.462 e. The van der Waals surface area contributed by atoms with E-state index in [1.54, 1.807) is 0 Å². The van der Waals surface area contributed by atoms with Crippen molar-refractivity contribution < 1.29 is 80.2 Å². The first-order chi connectivity index (χ1) is 40.3. The second-order valence-corrected chi connectivity index (χ2v) is 27.4. The molecule has 0 saturated heterocycles. The summed E-state index contributed by atoms with van der Waals surface area (Å²) >= 11 is 0. The highest BCUT2D eigenvalue weighted by Crippen LogP contribution is 2.45. The summed E-state index contributed by atoms with van der Waals surface area (Å²) in [5, 5.41) is 10.5. The molecule has 0 bridgehead atoms. The number of carbonyl (C=O) groups excluding carboxylic acids is 4. The third-order valence-corrected chi connectivity index (χ3v) is 17.5. The van der Waals surface area contributed by atoms with E-state index in [2.05, 4.69) is 48.5 Å². The molecule has 0 rings (SSSR count). The minimum absolute atomic E-state index is 0.103. The van der Waals surface area contributed by atoms with Crippen LogP contribution in [0.25, 0.3) is 0 Å². The van der Waals surface area contributed by atoms with Crippen LogP contribution in [0.3, 0.4) is 0 Å². The Balaban J connectivity index is 5.25. The number of aliphatic hydroxyl groups is 1. The highest BCUT2D eigenvalue weighted by molar-refractivity contribution is 7.47. The van der Waals surface area contributed by atoms with E-state index < -0.39 is 97.5 Å². The second kappa shape index (κ2) is 56.3. The Kier molecular flexibility index (Phi) is 55.0. The molecule has 3 N–H and O–H groups in total. The number of aliphatic hydroxyl groups excluding tert-OH is 1. The van der Waals surface area contributed by atoms with Crippen LogP contribution in [0.5, 0.6) is 0 Å². The maximum atomic E-state index is 13.0. The van der Waals surface area contributed by atoms with Crippen molar-refractivity contribution in [2.45, 2.75) is 336 Å². The molecular weight excluding hydrogens is 1110 g/mol. The van der Waals surface area contributed by atoms with Gasteiger partial charge >= 0.3 is 39.5 Å². The smallest absolute Gasteiger partial charge is 0.462 e. The number of hydrogen-bond acceptors (Lipinski definition) is 15. The molecule has 0 spiro atoms. The molecule has 84 heavy (non-hydrogen) atoms. The van der Waals surface area contributed by atoms with Crippen LogP contribution in [0.4, 0.5) is 0 Å². The van der Waals surface area contributed by atoms with Gasteiger partial charge in [0.05, 0.1) is 26.4 Å². The zero-order valence-electron chi connectivity index (χ0n) is 54.4. The van der Waals surface area contributed by atoms with Gasteiger partial charge in [-0.05, 0) is 43.4 Å². The molecule has 498 valence electrons. The van der Waals surface area contributed by atoms with Crippen LogP contribution >= 0.6 is 15.6 Å². The van der Waals surface area contributed by atoms with Crippen molar-refractivity contribution in [1.29, 1.82) is 0 Å². The highest BCUT2D eigenvalue weighted by Gasteiger charge is 2.30. The maximum absolute atomic E-state index is 13.0. The molecule has 0 aliphatic carbocycles. The van der Waals surface area contributed by atoms with Crippen LogP contribution in [0.15, 0.2) is 0 Å². The van der Waals surface area contributed by atoms with Gasteiger partial charge in [-0.3, -0.25) is 37.3 Å². The molecule has 4 unspecified atom stereocenters. The molecule has 0 heterocycles. The van der Waals surface area contributed by atoms with E-state index in [9.17, 15) is 43.2 Å². The first kappa shape index (κ1) is 82.1. The lowest BCUT2D eigenvalue weighted by Crippen LogP contribution is -2.30. The molecule has 17 nitrogen and oxygen atoms in total. The predicted octanol–water partition coefficient (Wildman–Crippen LogP) is 17.9. The summed E-state index contributed by atoms with van der Waals surface area (Å²) in [6.45, 7) is 11.7. The summed E-state index contributed by atoms with van der Waals surface area (Å²) in [7, 11) is -9.89. The van der Waals surface area contributed by atoms with Gasteiger partial charge < -0.3 is 33.8 Å². The third-order valence-electron chi connectivity index (χ3n) is 15.6. The first-order valence-electron chi connectivity index (χ1n) is 33.9. The fourth-order valence-corrected chi connectivity index (χ4v) is 11.2. The average Bonchev–Trinajstić information content (AvgIpc) is 3.46. The third kappa shape index (κ3) is 56.6. The van der Waals surface area contributed by atoms with Crippen LogP contribution < -0.4 is 0 Å². The standard InChI is InChI=1S/C65H126O17P2/c1-8-11-12-13-14-25-32-39-46-62(67)75-52-61(82-65(70)49-42-35-28-21-22-29-36-43-56(4)5)55-80-84(73,74)78-51-59(66)50-77-83(71,72)79-54-60(53-76-63(68)47-40-33-26-20-19-24-31-38-45-58(7)10-3)81-64(69)48-41-34-27-18-16-15-17-23-30-37-44-57(6)9-2/h56-61,66H,8-55H2,1-7H3,(H,71,72)(H,73,74)/t57?,58?,59-,60-,61-/m1/s1. The number of phosphoric ester groups is 2. The van der Waals surface area contributed by atoms with Gasteiger partial charge in [0.25, 0.3) is 0 Å². The number of esters is 4. The lowest BCUT2D eigenvalue weighted by Gasteiger charge is -2.21. The van der Waals surface area contributed by atoms with Crippen molar-refractivity contribution in [1.82, 2.24) is 0 Å². The van der Waals surface area contributed by atoms with Crippen molar-refractivity contribution in [2.24, 2.45) is 17.8 Å². The van der Waals surface area contributed by atoms with E-state index in [4.69, 9.17) is 37.0 Å². The summed E-state index contributed by atoms with van der Waals surface area (Å²) < 4.78 is 68.0. The molecule has 0 fully saturated rings. The van der Waals surface area contributed by atoms with E-state index in [0.29, 0.717) is 31.6 Å². The molecule has 7 atom stereocenters. The number of phosphoric acid groups is 2. The maximum Gasteiger partial charge on any atom is 0.472 e. The lowest BCUT2D eigenvalue weighted by atomic mass is 9.99. The summed E-state index contributed by atoms with van der Waals surface area (Å²) in [6, 6.07) is 0. The quantitative estimate of drug-likeness (QED) is 0.0222. The molecule has 0 aromatic rings. The van der Waals surface area contributed by atoms with Gasteiger partial charge in [-0.15, -0.1) is 0 Å². The molecule has 0 aliphatic rings. The normalized spacial score (nSPS) is 15.0. The summed E-state index contributed by atoms with van der Waals surface area (Å²) in [4.78, 5) is 72.2. The van der Waals surface area contributed by atoms with E-state index in [1.807, 2.05) is 0 Å². The Morgan fingerprint density at radius 1 is 0.345 bits per heavy atom. The fraction of sp³-hybridized carbons (Fsp3) is 0.938. The van der Waals surface area contributed by atoms with Crippen LogP contribution in [0, 0.1) is 17.8 Å². The van der Waals surface area contributed by atoms with E-state index in [-0.39, 0.29) is 25.7 Å². The number of rotatable bonds is 63. The van der Waals surface area contributed by atoms with Gasteiger partial charge in [-0.2, -0.15) is 0 Å². The van der Waals surface area contributed by atoms with Crippen LogP contribution in [0.2, 0.25) is 0 Å². The van der Waals surface area contributed by atoms with Crippen LogP contribution in [0.1, 0.15) is 318 Å². The number of unbranched alkanes of at least 4 members (excludes halogenated alkanes) is 29. The zero-order valence-corrected chi connectivity index (χ0v) is 56.1. The van der Waals surface area contributed by atoms with Crippen molar-refractivity contribution in [3.05, 3.63) is 0 Å². The molecule has 0 amide bonds. The topological polar surface area (TPSA) is 237 Å². The molecule has 0 saturated carbocycles. The van der Waals surface area contributed by atoms with Gasteiger partial charge in [-0.1, -0.05) is 267 Å². The second-order valence-electron chi connectivity index (χ2n) is 24.5. The minimum atomic E-state index is -4.95. The number of hydrogen-bond donors (Lipinski definition) is 3. The van der Waals surface area contributed by atoms with Gasteiger partial charge in [0.2, 0.25) is 0 Å². The van der Waals surface area contributed by atoms with Crippen molar-refractivity contribution in [3.8, 4) is 0 Å². The van der Waals surface area contributed by atoms with E-state index in [1.165, 1.54) is 122 Å². The van der Waals surface area contributed by atoms with Gasteiger partial charge in [0.15, 0.2) is 12.2 Å². The SMILES string of the molecule is CCCCCCCCCCC(=O)OC[C@H](COP(=O)(O)OC[C@H](O)COP(=O)(O)OC[C@@H](COC(=O)CCCCCCCCCCC(C)CC)OC(=O)CCCCCCCCCCCCC(C)CC)OC(=O)CCCCCCCCCC(C)C. The summed E-state index contributed by atoms with van der Waals surface area (Å²) in [6.07, 6.45) is 37.5. The van der Waals surface area contributed by atoms with Crippen LogP contribution in [-0.2, 0) is 65.4 Å². The van der Waals surface area contributed by atoms with Gasteiger partial charge in [0, 0.05) is 25.7 Å². The first-order valence-corrected chi connectivity index (χ1v) is 36.9. The van der Waals surface area contributed by atoms with Crippen molar-refractivity contribution >= 4 is 39.5 Å².